The molecular formula is C12H16N4O2. The maximum atomic E-state index is 8.72. The SMILES string of the molecule is Cc1ccc(CNc2cc(NCCO)ncn2)o1. The van der Waals surface area contributed by atoms with Crippen LogP contribution in [0.1, 0.15) is 11.5 Å². The number of nitrogens with one attached hydrogen (secondary N) is 2. The summed E-state index contributed by atoms with van der Waals surface area (Å²) in [5.74, 6) is 3.13. The number of hydrogen-bond donors (Lipinski definition) is 3. The van der Waals surface area contributed by atoms with Gasteiger partial charge in [-0.3, -0.25) is 0 Å². The molecule has 0 fully saturated rings. The van der Waals surface area contributed by atoms with Crippen LogP contribution in [-0.2, 0) is 6.54 Å². The maximum absolute atomic E-state index is 8.72. The van der Waals surface area contributed by atoms with Crippen molar-refractivity contribution in [2.24, 2.45) is 0 Å². The molecule has 6 heteroatoms. The molecule has 0 unspecified atom stereocenters. The molecule has 96 valence electrons. The first-order valence-corrected chi connectivity index (χ1v) is 5.74. The lowest BCUT2D eigenvalue weighted by Gasteiger charge is -2.06. The van der Waals surface area contributed by atoms with Crippen molar-refractivity contribution in [2.45, 2.75) is 13.5 Å². The molecule has 2 heterocycles. The number of aliphatic hydroxyl groups excluding tert-OH is 1. The lowest BCUT2D eigenvalue weighted by molar-refractivity contribution is 0.311. The van der Waals surface area contributed by atoms with Crippen LogP contribution in [0.5, 0.6) is 0 Å². The molecule has 2 aromatic heterocycles. The van der Waals surface area contributed by atoms with Crippen molar-refractivity contribution >= 4 is 11.6 Å². The Morgan fingerprint density at radius 1 is 1.22 bits per heavy atom. The Morgan fingerprint density at radius 3 is 2.67 bits per heavy atom. The number of rotatable bonds is 6. The Kier molecular flexibility index (Phi) is 4.14. The first-order chi connectivity index (χ1) is 8.78. The third kappa shape index (κ3) is 3.46. The van der Waals surface area contributed by atoms with Gasteiger partial charge in [-0.1, -0.05) is 0 Å². The van der Waals surface area contributed by atoms with E-state index in [0.29, 0.717) is 24.7 Å². The van der Waals surface area contributed by atoms with Crippen LogP contribution in [0.15, 0.2) is 28.9 Å². The second-order valence-electron chi connectivity index (χ2n) is 3.80. The topological polar surface area (TPSA) is 83.2 Å². The molecule has 0 saturated carbocycles. The van der Waals surface area contributed by atoms with Crippen LogP contribution in [0.25, 0.3) is 0 Å². The van der Waals surface area contributed by atoms with E-state index in [1.54, 1.807) is 6.07 Å². The van der Waals surface area contributed by atoms with E-state index in [2.05, 4.69) is 20.6 Å². The molecule has 0 aliphatic rings. The largest absolute Gasteiger partial charge is 0.465 e. The van der Waals surface area contributed by atoms with E-state index in [0.717, 1.165) is 11.5 Å². The number of aliphatic hydroxyl groups is 1. The molecule has 0 spiro atoms. The number of nitrogens with zero attached hydrogens (tertiary/aromatic N) is 2. The molecule has 0 aliphatic heterocycles. The Balaban J connectivity index is 1.92. The molecule has 0 bridgehead atoms. The molecule has 6 nitrogen and oxygen atoms in total. The van der Waals surface area contributed by atoms with E-state index in [9.17, 15) is 0 Å². The Morgan fingerprint density at radius 2 is 2.00 bits per heavy atom. The van der Waals surface area contributed by atoms with Gasteiger partial charge in [-0.05, 0) is 19.1 Å². The second-order valence-corrected chi connectivity index (χ2v) is 3.80. The second kappa shape index (κ2) is 6.02. The van der Waals surface area contributed by atoms with Gasteiger partial charge in [-0.25, -0.2) is 9.97 Å². The highest BCUT2D eigenvalue weighted by molar-refractivity contribution is 5.46. The van der Waals surface area contributed by atoms with Crippen LogP contribution in [0.3, 0.4) is 0 Å². The Labute approximate surface area is 105 Å². The van der Waals surface area contributed by atoms with E-state index in [-0.39, 0.29) is 6.61 Å². The minimum atomic E-state index is 0.0679. The molecule has 0 amide bonds. The summed E-state index contributed by atoms with van der Waals surface area (Å²) >= 11 is 0. The average molecular weight is 248 g/mol. The standard InChI is InChI=1S/C12H16N4O2/c1-9-2-3-10(18-9)7-14-12-6-11(13-4-5-17)15-8-16-12/h2-3,6,8,17H,4-5,7H2,1H3,(H2,13,14,15,16). The summed E-state index contributed by atoms with van der Waals surface area (Å²) in [5.41, 5.74) is 0. The molecular weight excluding hydrogens is 232 g/mol. The van der Waals surface area contributed by atoms with Gasteiger partial charge in [0.2, 0.25) is 0 Å². The van der Waals surface area contributed by atoms with Crippen LogP contribution in [0.4, 0.5) is 11.6 Å². The number of aryl methyl sites for hydroxylation is 1. The quantitative estimate of drug-likeness (QED) is 0.716. The summed E-state index contributed by atoms with van der Waals surface area (Å²) in [4.78, 5) is 8.14. The highest BCUT2D eigenvalue weighted by Gasteiger charge is 2.01. The van der Waals surface area contributed by atoms with E-state index in [1.165, 1.54) is 6.33 Å². The number of aromatic nitrogens is 2. The lowest BCUT2D eigenvalue weighted by Crippen LogP contribution is -2.08. The molecule has 0 saturated heterocycles. The van der Waals surface area contributed by atoms with Crippen LogP contribution in [-0.4, -0.2) is 28.2 Å². The van der Waals surface area contributed by atoms with Crippen molar-refractivity contribution < 1.29 is 9.52 Å². The van der Waals surface area contributed by atoms with E-state index >= 15 is 0 Å². The van der Waals surface area contributed by atoms with Crippen LogP contribution >= 0.6 is 0 Å². The van der Waals surface area contributed by atoms with Gasteiger partial charge in [0, 0.05) is 12.6 Å². The molecule has 18 heavy (non-hydrogen) atoms. The first kappa shape index (κ1) is 12.4. The minimum Gasteiger partial charge on any atom is -0.465 e. The zero-order chi connectivity index (χ0) is 12.8. The van der Waals surface area contributed by atoms with Crippen molar-refractivity contribution in [1.82, 2.24) is 9.97 Å². The Bertz CT molecular complexity index is 498. The first-order valence-electron chi connectivity index (χ1n) is 5.74. The van der Waals surface area contributed by atoms with Crippen LogP contribution in [0.2, 0.25) is 0 Å². The summed E-state index contributed by atoms with van der Waals surface area (Å²) in [5, 5.41) is 14.8. The van der Waals surface area contributed by atoms with Crippen molar-refractivity contribution in [3.05, 3.63) is 36.0 Å². The van der Waals surface area contributed by atoms with E-state index in [4.69, 9.17) is 9.52 Å². The van der Waals surface area contributed by atoms with Gasteiger partial charge in [-0.2, -0.15) is 0 Å². The summed E-state index contributed by atoms with van der Waals surface area (Å²) < 4.78 is 5.45. The third-order valence-corrected chi connectivity index (χ3v) is 2.32. The monoisotopic (exact) mass is 248 g/mol. The van der Waals surface area contributed by atoms with Gasteiger partial charge in [0.25, 0.3) is 0 Å². The number of furan rings is 1. The number of anilines is 2. The van der Waals surface area contributed by atoms with Crippen molar-refractivity contribution in [3.63, 3.8) is 0 Å². The molecule has 0 aliphatic carbocycles. The van der Waals surface area contributed by atoms with Crippen molar-refractivity contribution in [3.8, 4) is 0 Å². The van der Waals surface area contributed by atoms with E-state index < -0.39 is 0 Å². The minimum absolute atomic E-state index is 0.0679. The molecule has 2 aromatic rings. The molecule has 0 aromatic carbocycles. The van der Waals surface area contributed by atoms with Gasteiger partial charge in [0.15, 0.2) is 0 Å². The van der Waals surface area contributed by atoms with Crippen LogP contribution < -0.4 is 10.6 Å². The van der Waals surface area contributed by atoms with Gasteiger partial charge in [0.05, 0.1) is 13.2 Å². The summed E-state index contributed by atoms with van der Waals surface area (Å²) in [7, 11) is 0. The van der Waals surface area contributed by atoms with Crippen LogP contribution in [0, 0.1) is 6.92 Å². The summed E-state index contributed by atoms with van der Waals surface area (Å²) in [6.45, 7) is 3.02. The fourth-order valence-electron chi connectivity index (χ4n) is 1.49. The van der Waals surface area contributed by atoms with Gasteiger partial charge < -0.3 is 20.2 Å². The smallest absolute Gasteiger partial charge is 0.131 e. The molecule has 2 rings (SSSR count). The van der Waals surface area contributed by atoms with Crippen molar-refractivity contribution in [2.75, 3.05) is 23.8 Å². The Hall–Kier alpha value is -2.08. The molecule has 3 N–H and O–H groups in total. The van der Waals surface area contributed by atoms with Crippen molar-refractivity contribution in [1.29, 1.82) is 0 Å². The highest BCUT2D eigenvalue weighted by Crippen LogP contribution is 2.11. The zero-order valence-electron chi connectivity index (χ0n) is 10.2. The predicted octanol–water partition coefficient (Wildman–Crippen LogP) is 1.39. The van der Waals surface area contributed by atoms with E-state index in [1.807, 2.05) is 19.1 Å². The summed E-state index contributed by atoms with van der Waals surface area (Å²) in [6.07, 6.45) is 1.47. The average Bonchev–Trinajstić information content (AvgIpc) is 2.80. The third-order valence-electron chi connectivity index (χ3n) is 2.32. The molecule has 0 radical (unpaired) electrons. The summed E-state index contributed by atoms with van der Waals surface area (Å²) in [6, 6.07) is 5.63. The van der Waals surface area contributed by atoms with Gasteiger partial charge in [0.1, 0.15) is 29.5 Å². The maximum Gasteiger partial charge on any atom is 0.131 e. The fraction of sp³-hybridized carbons (Fsp3) is 0.333. The number of hydrogen-bond acceptors (Lipinski definition) is 6. The van der Waals surface area contributed by atoms with Gasteiger partial charge in [-0.15, -0.1) is 0 Å². The molecule has 0 atom stereocenters. The fourth-order valence-corrected chi connectivity index (χ4v) is 1.49. The highest BCUT2D eigenvalue weighted by atomic mass is 16.3. The normalized spacial score (nSPS) is 10.3. The zero-order valence-corrected chi connectivity index (χ0v) is 10.2. The predicted molar refractivity (Wildman–Crippen MR) is 68.4 cm³/mol. The van der Waals surface area contributed by atoms with Gasteiger partial charge >= 0.3 is 0 Å². The lowest BCUT2D eigenvalue weighted by atomic mass is 10.4.